The molecular formula is C15H19N3O3. The fraction of sp³-hybridized carbons (Fsp3) is 0.400. The van der Waals surface area contributed by atoms with E-state index in [4.69, 9.17) is 9.26 Å². The van der Waals surface area contributed by atoms with Crippen molar-refractivity contribution in [1.29, 1.82) is 0 Å². The van der Waals surface area contributed by atoms with Crippen molar-refractivity contribution in [1.82, 2.24) is 15.0 Å². The Morgan fingerprint density at radius 2 is 2.10 bits per heavy atom. The summed E-state index contributed by atoms with van der Waals surface area (Å²) in [6, 6.07) is 9.65. The van der Waals surface area contributed by atoms with E-state index in [0.717, 1.165) is 5.56 Å². The maximum absolute atomic E-state index is 11.3. The van der Waals surface area contributed by atoms with Crippen LogP contribution in [0.3, 0.4) is 0 Å². The van der Waals surface area contributed by atoms with Crippen LogP contribution in [0, 0.1) is 0 Å². The maximum Gasteiger partial charge on any atom is 0.307 e. The van der Waals surface area contributed by atoms with Crippen LogP contribution in [0.25, 0.3) is 11.4 Å². The summed E-state index contributed by atoms with van der Waals surface area (Å²) in [7, 11) is 1.89. The molecular weight excluding hydrogens is 270 g/mol. The molecule has 21 heavy (non-hydrogen) atoms. The lowest BCUT2D eigenvalue weighted by Crippen LogP contribution is -2.22. The number of rotatable bonds is 7. The molecule has 2 aromatic rings. The third-order valence-corrected chi connectivity index (χ3v) is 2.91. The number of benzene rings is 1. The number of carbonyl (C=O) groups is 1. The zero-order valence-corrected chi connectivity index (χ0v) is 12.3. The number of esters is 1. The van der Waals surface area contributed by atoms with Crippen molar-refractivity contribution in [2.75, 3.05) is 20.2 Å². The number of nitrogens with zero attached hydrogens (tertiary/aromatic N) is 3. The molecule has 0 aliphatic heterocycles. The lowest BCUT2D eigenvalue weighted by atomic mass is 10.2. The van der Waals surface area contributed by atoms with Crippen LogP contribution in [0.4, 0.5) is 0 Å². The zero-order valence-electron chi connectivity index (χ0n) is 12.3. The van der Waals surface area contributed by atoms with Gasteiger partial charge >= 0.3 is 5.97 Å². The molecule has 0 aliphatic carbocycles. The van der Waals surface area contributed by atoms with Crippen LogP contribution in [-0.4, -0.2) is 41.2 Å². The van der Waals surface area contributed by atoms with Crippen molar-refractivity contribution in [3.8, 4) is 11.4 Å². The highest BCUT2D eigenvalue weighted by molar-refractivity contribution is 5.69. The van der Waals surface area contributed by atoms with Crippen molar-refractivity contribution < 1.29 is 14.1 Å². The molecule has 1 aromatic heterocycles. The average molecular weight is 289 g/mol. The largest absolute Gasteiger partial charge is 0.466 e. The number of carbonyl (C=O) groups excluding carboxylic acids is 1. The highest BCUT2D eigenvalue weighted by Crippen LogP contribution is 2.15. The van der Waals surface area contributed by atoms with Gasteiger partial charge in [0.25, 0.3) is 0 Å². The number of ether oxygens (including phenoxy) is 1. The summed E-state index contributed by atoms with van der Waals surface area (Å²) >= 11 is 0. The lowest BCUT2D eigenvalue weighted by molar-refractivity contribution is -0.143. The summed E-state index contributed by atoms with van der Waals surface area (Å²) in [6.07, 6.45) is 0.351. The van der Waals surface area contributed by atoms with Crippen LogP contribution in [0.1, 0.15) is 19.2 Å². The first-order chi connectivity index (χ1) is 10.2. The van der Waals surface area contributed by atoms with Gasteiger partial charge in [-0.2, -0.15) is 4.98 Å². The third kappa shape index (κ3) is 4.68. The Balaban J connectivity index is 1.86. The van der Waals surface area contributed by atoms with Crippen molar-refractivity contribution in [2.45, 2.75) is 19.9 Å². The van der Waals surface area contributed by atoms with Gasteiger partial charge in [-0.15, -0.1) is 0 Å². The van der Waals surface area contributed by atoms with E-state index in [0.29, 0.717) is 37.8 Å². The smallest absolute Gasteiger partial charge is 0.307 e. The lowest BCUT2D eigenvalue weighted by Gasteiger charge is -2.12. The normalized spacial score (nSPS) is 10.8. The zero-order chi connectivity index (χ0) is 15.1. The van der Waals surface area contributed by atoms with E-state index in [1.54, 1.807) is 6.92 Å². The van der Waals surface area contributed by atoms with Gasteiger partial charge in [0, 0.05) is 12.1 Å². The molecule has 0 aliphatic rings. The highest BCUT2D eigenvalue weighted by Gasteiger charge is 2.11. The summed E-state index contributed by atoms with van der Waals surface area (Å²) in [4.78, 5) is 17.6. The fourth-order valence-electron chi connectivity index (χ4n) is 1.85. The second kappa shape index (κ2) is 7.54. The second-order valence-electron chi connectivity index (χ2n) is 4.67. The molecule has 0 unspecified atom stereocenters. The molecule has 1 heterocycles. The Kier molecular flexibility index (Phi) is 5.45. The third-order valence-electron chi connectivity index (χ3n) is 2.91. The van der Waals surface area contributed by atoms with Gasteiger partial charge in [-0.1, -0.05) is 35.5 Å². The standard InChI is InChI=1S/C15H19N3O3/c1-3-20-14(19)9-10-18(2)11-13-16-15(17-21-13)12-7-5-4-6-8-12/h4-8H,3,9-11H2,1-2H3. The maximum atomic E-state index is 11.3. The van der Waals surface area contributed by atoms with Crippen molar-refractivity contribution in [2.24, 2.45) is 0 Å². The Morgan fingerprint density at radius 3 is 2.81 bits per heavy atom. The first kappa shape index (κ1) is 15.2. The molecule has 0 radical (unpaired) electrons. The Bertz CT molecular complexity index is 569. The van der Waals surface area contributed by atoms with E-state index in [9.17, 15) is 4.79 Å². The van der Waals surface area contributed by atoms with Crippen LogP contribution in [0.15, 0.2) is 34.9 Å². The molecule has 0 atom stereocenters. The van der Waals surface area contributed by atoms with Gasteiger partial charge in [-0.25, -0.2) is 0 Å². The molecule has 0 N–H and O–H groups in total. The SMILES string of the molecule is CCOC(=O)CCN(C)Cc1nc(-c2ccccc2)no1. The fourth-order valence-corrected chi connectivity index (χ4v) is 1.85. The van der Waals surface area contributed by atoms with E-state index in [-0.39, 0.29) is 5.97 Å². The quantitative estimate of drug-likeness (QED) is 0.727. The molecule has 6 heteroatoms. The Hall–Kier alpha value is -2.21. The van der Waals surface area contributed by atoms with Gasteiger partial charge in [0.2, 0.25) is 11.7 Å². The molecule has 0 saturated carbocycles. The van der Waals surface area contributed by atoms with Gasteiger partial charge < -0.3 is 9.26 Å². The van der Waals surface area contributed by atoms with Gasteiger partial charge in [0.1, 0.15) is 0 Å². The molecule has 0 amide bonds. The summed E-state index contributed by atoms with van der Waals surface area (Å²) in [5, 5.41) is 3.96. The van der Waals surface area contributed by atoms with E-state index in [2.05, 4.69) is 10.1 Å². The van der Waals surface area contributed by atoms with E-state index in [1.165, 1.54) is 0 Å². The number of hydrogen-bond acceptors (Lipinski definition) is 6. The van der Waals surface area contributed by atoms with Crippen molar-refractivity contribution in [3.05, 3.63) is 36.2 Å². The topological polar surface area (TPSA) is 68.5 Å². The van der Waals surface area contributed by atoms with Crippen molar-refractivity contribution >= 4 is 5.97 Å². The molecule has 0 spiro atoms. The van der Waals surface area contributed by atoms with Crippen molar-refractivity contribution in [3.63, 3.8) is 0 Å². The minimum atomic E-state index is -0.195. The highest BCUT2D eigenvalue weighted by atomic mass is 16.5. The minimum Gasteiger partial charge on any atom is -0.466 e. The summed E-state index contributed by atoms with van der Waals surface area (Å²) in [6.45, 7) is 3.29. The Labute approximate surface area is 123 Å². The van der Waals surface area contributed by atoms with E-state index < -0.39 is 0 Å². The number of aromatic nitrogens is 2. The van der Waals surface area contributed by atoms with E-state index in [1.807, 2.05) is 42.3 Å². The van der Waals surface area contributed by atoms with Crippen LogP contribution in [0.5, 0.6) is 0 Å². The molecule has 0 bridgehead atoms. The molecule has 0 saturated heterocycles. The monoisotopic (exact) mass is 289 g/mol. The minimum absolute atomic E-state index is 0.195. The predicted molar refractivity (Wildman–Crippen MR) is 77.3 cm³/mol. The van der Waals surface area contributed by atoms with Crippen LogP contribution < -0.4 is 0 Å². The molecule has 0 fully saturated rings. The van der Waals surface area contributed by atoms with Gasteiger partial charge in [-0.05, 0) is 14.0 Å². The summed E-state index contributed by atoms with van der Waals surface area (Å²) < 4.78 is 10.1. The van der Waals surface area contributed by atoms with Gasteiger partial charge in [-0.3, -0.25) is 9.69 Å². The van der Waals surface area contributed by atoms with Crippen LogP contribution in [0.2, 0.25) is 0 Å². The molecule has 2 rings (SSSR count). The first-order valence-electron chi connectivity index (χ1n) is 6.91. The molecule has 112 valence electrons. The summed E-state index contributed by atoms with van der Waals surface area (Å²) in [5.41, 5.74) is 0.918. The van der Waals surface area contributed by atoms with E-state index >= 15 is 0 Å². The van der Waals surface area contributed by atoms with Gasteiger partial charge in [0.15, 0.2) is 0 Å². The predicted octanol–water partition coefficient (Wildman–Crippen LogP) is 2.12. The average Bonchev–Trinajstić information content (AvgIpc) is 2.95. The van der Waals surface area contributed by atoms with Gasteiger partial charge in [0.05, 0.1) is 19.6 Å². The number of hydrogen-bond donors (Lipinski definition) is 0. The molecule has 1 aromatic carbocycles. The summed E-state index contributed by atoms with van der Waals surface area (Å²) in [5.74, 6) is 0.907. The molecule has 6 nitrogen and oxygen atoms in total. The van der Waals surface area contributed by atoms with Crippen LogP contribution in [-0.2, 0) is 16.1 Å². The first-order valence-corrected chi connectivity index (χ1v) is 6.91. The van der Waals surface area contributed by atoms with Crippen LogP contribution >= 0.6 is 0 Å². The second-order valence-corrected chi connectivity index (χ2v) is 4.67. The Morgan fingerprint density at radius 1 is 1.33 bits per heavy atom.